The number of fused-ring (bicyclic) bond motifs is 1. The molecular weight excluding hydrogens is 360 g/mol. The van der Waals surface area contributed by atoms with E-state index in [1.807, 2.05) is 12.1 Å². The second-order valence-corrected chi connectivity index (χ2v) is 5.88. The summed E-state index contributed by atoms with van der Waals surface area (Å²) in [6.45, 7) is 0. The van der Waals surface area contributed by atoms with Crippen molar-refractivity contribution in [1.29, 1.82) is 0 Å². The van der Waals surface area contributed by atoms with Crippen molar-refractivity contribution in [2.24, 2.45) is 0 Å². The van der Waals surface area contributed by atoms with E-state index in [-0.39, 0.29) is 5.56 Å². The van der Waals surface area contributed by atoms with E-state index in [1.165, 1.54) is 7.11 Å². The molecule has 1 aromatic heterocycles. The fraction of sp³-hybridized carbons (Fsp3) is 0.118. The van der Waals surface area contributed by atoms with Crippen LogP contribution in [0.2, 0.25) is 0 Å². The number of benzene rings is 2. The van der Waals surface area contributed by atoms with Gasteiger partial charge in [-0.2, -0.15) is 5.10 Å². The highest BCUT2D eigenvalue weighted by Gasteiger charge is 2.26. The van der Waals surface area contributed by atoms with E-state index in [2.05, 4.69) is 21.0 Å². The first-order valence-electron chi connectivity index (χ1n) is 6.91. The van der Waals surface area contributed by atoms with Crippen molar-refractivity contribution in [3.8, 4) is 0 Å². The fourth-order valence-electron chi connectivity index (χ4n) is 2.44. The third kappa shape index (κ3) is 2.90. The summed E-state index contributed by atoms with van der Waals surface area (Å²) in [4.78, 5) is 25.0. The van der Waals surface area contributed by atoms with E-state index < -0.39 is 12.0 Å². The maximum absolute atomic E-state index is 12.8. The lowest BCUT2D eigenvalue weighted by Gasteiger charge is -2.17. The molecule has 116 valence electrons. The van der Waals surface area contributed by atoms with Gasteiger partial charge in [0.25, 0.3) is 5.56 Å². The van der Waals surface area contributed by atoms with Crippen molar-refractivity contribution in [3.05, 3.63) is 75.1 Å². The summed E-state index contributed by atoms with van der Waals surface area (Å²) in [5.41, 5.74) is 0.305. The number of nitrogens with zero attached hydrogens (tertiary/aromatic N) is 2. The smallest absolute Gasteiger partial charge is 0.335 e. The van der Waals surface area contributed by atoms with Gasteiger partial charge in [0.2, 0.25) is 0 Å². The number of carbonyl (C=O) groups is 1. The zero-order valence-corrected chi connectivity index (χ0v) is 13.9. The highest BCUT2D eigenvalue weighted by atomic mass is 79.9. The first kappa shape index (κ1) is 15.4. The first-order chi connectivity index (χ1) is 11.1. The maximum Gasteiger partial charge on any atom is 0.335 e. The summed E-state index contributed by atoms with van der Waals surface area (Å²) < 4.78 is 6.88. The SMILES string of the molecule is COC(=O)C(c1ccccc1)n1ncc2cc(Br)ccc2c1=O. The highest BCUT2D eigenvalue weighted by Crippen LogP contribution is 2.20. The lowest BCUT2D eigenvalue weighted by Crippen LogP contribution is -2.33. The van der Waals surface area contributed by atoms with Crippen LogP contribution < -0.4 is 5.56 Å². The Labute approximate surface area is 140 Å². The van der Waals surface area contributed by atoms with E-state index in [4.69, 9.17) is 4.74 Å². The maximum atomic E-state index is 12.8. The van der Waals surface area contributed by atoms with Gasteiger partial charge in [0.15, 0.2) is 6.04 Å². The number of hydrogen-bond donors (Lipinski definition) is 0. The van der Waals surface area contributed by atoms with Gasteiger partial charge in [0, 0.05) is 9.86 Å². The summed E-state index contributed by atoms with van der Waals surface area (Å²) >= 11 is 3.36. The summed E-state index contributed by atoms with van der Waals surface area (Å²) in [5, 5.41) is 5.38. The van der Waals surface area contributed by atoms with Gasteiger partial charge in [-0.15, -0.1) is 0 Å². The predicted octanol–water partition coefficient (Wildman–Crippen LogP) is 2.92. The number of ether oxygens (including phenoxy) is 1. The lowest BCUT2D eigenvalue weighted by molar-refractivity contribution is -0.143. The minimum Gasteiger partial charge on any atom is -0.467 e. The van der Waals surface area contributed by atoms with Crippen molar-refractivity contribution < 1.29 is 9.53 Å². The van der Waals surface area contributed by atoms with Crippen molar-refractivity contribution in [2.45, 2.75) is 6.04 Å². The van der Waals surface area contributed by atoms with Crippen LogP contribution in [-0.4, -0.2) is 22.9 Å². The van der Waals surface area contributed by atoms with Crippen LogP contribution in [0.15, 0.2) is 64.0 Å². The Bertz CT molecular complexity index is 922. The molecule has 0 bridgehead atoms. The van der Waals surface area contributed by atoms with Crippen LogP contribution >= 0.6 is 15.9 Å². The van der Waals surface area contributed by atoms with Crippen LogP contribution in [0, 0.1) is 0 Å². The molecule has 0 aliphatic carbocycles. The second-order valence-electron chi connectivity index (χ2n) is 4.96. The van der Waals surface area contributed by atoms with Crippen molar-refractivity contribution in [2.75, 3.05) is 7.11 Å². The topological polar surface area (TPSA) is 61.2 Å². The third-order valence-electron chi connectivity index (χ3n) is 3.56. The van der Waals surface area contributed by atoms with Gasteiger partial charge in [0.1, 0.15) is 0 Å². The molecule has 2 aromatic carbocycles. The van der Waals surface area contributed by atoms with E-state index >= 15 is 0 Å². The molecule has 0 radical (unpaired) electrons. The summed E-state index contributed by atoms with van der Waals surface area (Å²) in [7, 11) is 1.29. The molecule has 0 amide bonds. The van der Waals surface area contributed by atoms with Crippen LogP contribution in [-0.2, 0) is 9.53 Å². The number of carbonyl (C=O) groups excluding carboxylic acids is 1. The Balaban J connectivity index is 2.23. The van der Waals surface area contributed by atoms with E-state index in [0.29, 0.717) is 16.3 Å². The quantitative estimate of drug-likeness (QED) is 0.663. The lowest BCUT2D eigenvalue weighted by atomic mass is 10.1. The molecular formula is C17H13BrN2O3. The average Bonchev–Trinajstić information content (AvgIpc) is 2.58. The van der Waals surface area contributed by atoms with Crippen LogP contribution in [0.25, 0.3) is 10.8 Å². The molecule has 0 spiro atoms. The summed E-state index contributed by atoms with van der Waals surface area (Å²) in [5.74, 6) is -0.540. The second kappa shape index (κ2) is 6.34. The Morgan fingerprint density at radius 3 is 2.65 bits per heavy atom. The largest absolute Gasteiger partial charge is 0.467 e. The number of methoxy groups -OCH3 is 1. The molecule has 6 heteroatoms. The molecule has 1 atom stereocenters. The molecule has 23 heavy (non-hydrogen) atoms. The normalized spacial score (nSPS) is 12.1. The Hall–Kier alpha value is -2.47. The van der Waals surface area contributed by atoms with Gasteiger partial charge in [-0.05, 0) is 23.8 Å². The van der Waals surface area contributed by atoms with Gasteiger partial charge in [0.05, 0.1) is 18.7 Å². The Morgan fingerprint density at radius 1 is 1.22 bits per heavy atom. The molecule has 5 nitrogen and oxygen atoms in total. The van der Waals surface area contributed by atoms with E-state index in [0.717, 1.165) is 9.15 Å². The Morgan fingerprint density at radius 2 is 1.96 bits per heavy atom. The van der Waals surface area contributed by atoms with E-state index in [9.17, 15) is 9.59 Å². The number of aromatic nitrogens is 2. The molecule has 1 heterocycles. The third-order valence-corrected chi connectivity index (χ3v) is 4.05. The van der Waals surface area contributed by atoms with Crippen molar-refractivity contribution in [3.63, 3.8) is 0 Å². The minimum atomic E-state index is -0.915. The van der Waals surface area contributed by atoms with Crippen molar-refractivity contribution >= 4 is 32.7 Å². The number of halogens is 1. The molecule has 0 saturated carbocycles. The molecule has 0 aliphatic rings. The van der Waals surface area contributed by atoms with Gasteiger partial charge < -0.3 is 4.74 Å². The molecule has 0 saturated heterocycles. The zero-order chi connectivity index (χ0) is 16.4. The van der Waals surface area contributed by atoms with Crippen LogP contribution in [0.1, 0.15) is 11.6 Å². The van der Waals surface area contributed by atoms with Gasteiger partial charge >= 0.3 is 5.97 Å². The van der Waals surface area contributed by atoms with Gasteiger partial charge in [-0.3, -0.25) is 4.79 Å². The van der Waals surface area contributed by atoms with Crippen molar-refractivity contribution in [1.82, 2.24) is 9.78 Å². The number of esters is 1. The van der Waals surface area contributed by atoms with E-state index in [1.54, 1.807) is 42.6 Å². The predicted molar refractivity (Wildman–Crippen MR) is 90.3 cm³/mol. The zero-order valence-electron chi connectivity index (χ0n) is 12.3. The molecule has 0 fully saturated rings. The van der Waals surface area contributed by atoms with Crippen LogP contribution in [0.4, 0.5) is 0 Å². The average molecular weight is 373 g/mol. The Kier molecular flexibility index (Phi) is 4.25. The molecule has 0 N–H and O–H groups in total. The molecule has 0 aliphatic heterocycles. The monoisotopic (exact) mass is 372 g/mol. The molecule has 3 rings (SSSR count). The highest BCUT2D eigenvalue weighted by molar-refractivity contribution is 9.10. The first-order valence-corrected chi connectivity index (χ1v) is 7.71. The standard InChI is InChI=1S/C17H13BrN2O3/c1-23-17(22)15(11-5-3-2-4-6-11)20-16(21)14-8-7-13(18)9-12(14)10-19-20/h2-10,15H,1H3. The number of rotatable bonds is 3. The molecule has 3 aromatic rings. The fourth-order valence-corrected chi connectivity index (χ4v) is 2.82. The van der Waals surface area contributed by atoms with Crippen LogP contribution in [0.5, 0.6) is 0 Å². The minimum absolute atomic E-state index is 0.339. The molecule has 1 unspecified atom stereocenters. The van der Waals surface area contributed by atoms with Gasteiger partial charge in [-0.25, -0.2) is 9.48 Å². The van der Waals surface area contributed by atoms with Gasteiger partial charge in [-0.1, -0.05) is 46.3 Å². The van der Waals surface area contributed by atoms with Crippen LogP contribution in [0.3, 0.4) is 0 Å². The summed E-state index contributed by atoms with van der Waals surface area (Å²) in [6.07, 6.45) is 1.57. The number of hydrogen-bond acceptors (Lipinski definition) is 4. The summed E-state index contributed by atoms with van der Waals surface area (Å²) in [6, 6.07) is 13.4.